The van der Waals surface area contributed by atoms with Crippen molar-refractivity contribution in [1.29, 1.82) is 0 Å². The molecule has 0 aliphatic rings. The zero-order valence-electron chi connectivity index (χ0n) is 31.8. The van der Waals surface area contributed by atoms with Gasteiger partial charge in [0.05, 0.1) is 11.2 Å². The number of furan rings is 1. The fourth-order valence-corrected chi connectivity index (χ4v) is 7.97. The second-order valence-corrected chi connectivity index (χ2v) is 14.6. The fraction of sp³-hybridized carbons (Fsp3) is 0. The van der Waals surface area contributed by atoms with E-state index in [0.717, 1.165) is 94.4 Å². The molecule has 0 amide bonds. The molecular weight excluding hydrogens is 721 g/mol. The third-order valence-electron chi connectivity index (χ3n) is 10.9. The van der Waals surface area contributed by atoms with Gasteiger partial charge in [-0.2, -0.15) is 0 Å². The van der Waals surface area contributed by atoms with Crippen molar-refractivity contribution in [2.75, 3.05) is 0 Å². The standard InChI is InChI=1S/C54H34N4O/c1-3-15-35(16-4-1)49-45-27-7-9-29-47(45)55-53(56-49)43-25-13-23-41(33-43)39-21-11-19-37(31-39)38-20-12-22-40(32-38)42-24-14-26-44(34-42)54-57-50(36-17-5-2-6-18-36)52-51(58-54)46-28-8-10-30-48(46)59-52/h1-34H. The second kappa shape index (κ2) is 14.5. The van der Waals surface area contributed by atoms with Crippen LogP contribution in [0.4, 0.5) is 0 Å². The Labute approximate surface area is 341 Å². The molecule has 0 saturated heterocycles. The van der Waals surface area contributed by atoms with Gasteiger partial charge in [-0.3, -0.25) is 0 Å². The first-order valence-corrected chi connectivity index (χ1v) is 19.7. The number of aromatic nitrogens is 4. The molecule has 0 aliphatic heterocycles. The Bertz CT molecular complexity index is 3340. The van der Waals surface area contributed by atoms with Crippen molar-refractivity contribution in [2.45, 2.75) is 0 Å². The maximum absolute atomic E-state index is 6.34. The number of para-hydroxylation sites is 2. The molecule has 0 saturated carbocycles. The van der Waals surface area contributed by atoms with Crippen LogP contribution in [0.3, 0.4) is 0 Å². The second-order valence-electron chi connectivity index (χ2n) is 14.6. The van der Waals surface area contributed by atoms with Crippen molar-refractivity contribution in [1.82, 2.24) is 19.9 Å². The van der Waals surface area contributed by atoms with E-state index in [2.05, 4.69) is 140 Å². The average molecular weight is 755 g/mol. The van der Waals surface area contributed by atoms with Crippen molar-refractivity contribution in [3.63, 3.8) is 0 Å². The van der Waals surface area contributed by atoms with Gasteiger partial charge in [0.2, 0.25) is 0 Å². The van der Waals surface area contributed by atoms with Crippen molar-refractivity contribution >= 4 is 33.0 Å². The lowest BCUT2D eigenvalue weighted by Gasteiger charge is -2.12. The van der Waals surface area contributed by atoms with Crippen molar-refractivity contribution in [3.8, 4) is 78.7 Å². The molecule has 0 unspecified atom stereocenters. The molecule has 0 N–H and O–H groups in total. The molecule has 11 rings (SSSR count). The van der Waals surface area contributed by atoms with E-state index >= 15 is 0 Å². The number of nitrogens with zero attached hydrogens (tertiary/aromatic N) is 4. The van der Waals surface area contributed by atoms with Crippen LogP contribution in [0.5, 0.6) is 0 Å². The van der Waals surface area contributed by atoms with Gasteiger partial charge in [-0.25, -0.2) is 19.9 Å². The SMILES string of the molecule is c1ccc(-c2nc(-c3cccc(-c4cccc(-c5cccc(-c6cccc(-c7nc(-c8ccccc8)c8oc9ccccc9c8n7)c6)c5)c4)c3)nc3ccccc23)cc1. The highest BCUT2D eigenvalue weighted by molar-refractivity contribution is 6.07. The van der Waals surface area contributed by atoms with Crippen LogP contribution in [0, 0.1) is 0 Å². The molecule has 276 valence electrons. The van der Waals surface area contributed by atoms with Crippen LogP contribution in [-0.2, 0) is 0 Å². The molecule has 0 atom stereocenters. The van der Waals surface area contributed by atoms with Gasteiger partial charge in [0.25, 0.3) is 0 Å². The topological polar surface area (TPSA) is 64.7 Å². The Morgan fingerprint density at radius 1 is 0.288 bits per heavy atom. The van der Waals surface area contributed by atoms with Gasteiger partial charge < -0.3 is 4.42 Å². The monoisotopic (exact) mass is 754 g/mol. The smallest absolute Gasteiger partial charge is 0.180 e. The van der Waals surface area contributed by atoms with E-state index in [1.165, 1.54) is 0 Å². The Balaban J connectivity index is 0.937. The predicted octanol–water partition coefficient (Wildman–Crippen LogP) is 14.0. The van der Waals surface area contributed by atoms with Gasteiger partial charge >= 0.3 is 0 Å². The number of hydrogen-bond donors (Lipinski definition) is 0. The quantitative estimate of drug-likeness (QED) is 0.162. The van der Waals surface area contributed by atoms with E-state index in [9.17, 15) is 0 Å². The summed E-state index contributed by atoms with van der Waals surface area (Å²) in [4.78, 5) is 20.4. The molecule has 3 heterocycles. The molecular formula is C54H34N4O. The third-order valence-corrected chi connectivity index (χ3v) is 10.9. The minimum Gasteiger partial charge on any atom is -0.452 e. The van der Waals surface area contributed by atoms with E-state index in [-0.39, 0.29) is 0 Å². The van der Waals surface area contributed by atoms with E-state index in [1.54, 1.807) is 0 Å². The van der Waals surface area contributed by atoms with Gasteiger partial charge in [-0.1, -0.05) is 164 Å². The average Bonchev–Trinajstić information content (AvgIpc) is 3.70. The molecule has 0 radical (unpaired) electrons. The summed E-state index contributed by atoms with van der Waals surface area (Å²) in [6.45, 7) is 0. The summed E-state index contributed by atoms with van der Waals surface area (Å²) in [5.74, 6) is 1.36. The zero-order valence-corrected chi connectivity index (χ0v) is 31.8. The largest absolute Gasteiger partial charge is 0.452 e. The molecule has 0 fully saturated rings. The van der Waals surface area contributed by atoms with Gasteiger partial charge in [0, 0.05) is 33.0 Å². The Hall–Kier alpha value is -8.02. The summed E-state index contributed by atoms with van der Waals surface area (Å²) in [6.07, 6.45) is 0. The summed E-state index contributed by atoms with van der Waals surface area (Å²) in [5, 5.41) is 2.01. The molecule has 0 spiro atoms. The lowest BCUT2D eigenvalue weighted by molar-refractivity contribution is 0.667. The first-order valence-electron chi connectivity index (χ1n) is 19.7. The van der Waals surface area contributed by atoms with Crippen LogP contribution in [0.2, 0.25) is 0 Å². The van der Waals surface area contributed by atoms with Crippen LogP contribution in [0.1, 0.15) is 0 Å². The maximum Gasteiger partial charge on any atom is 0.180 e. The summed E-state index contributed by atoms with van der Waals surface area (Å²) in [7, 11) is 0. The van der Waals surface area contributed by atoms with Crippen LogP contribution >= 0.6 is 0 Å². The number of fused-ring (bicyclic) bond motifs is 4. The van der Waals surface area contributed by atoms with Crippen molar-refractivity contribution < 1.29 is 4.42 Å². The van der Waals surface area contributed by atoms with Gasteiger partial charge in [0.15, 0.2) is 17.2 Å². The first-order chi connectivity index (χ1) is 29.2. The number of benzene rings is 8. The molecule has 3 aromatic heterocycles. The van der Waals surface area contributed by atoms with Crippen LogP contribution < -0.4 is 0 Å². The molecule has 5 heteroatoms. The minimum atomic E-state index is 0.654. The predicted molar refractivity (Wildman–Crippen MR) is 240 cm³/mol. The van der Waals surface area contributed by atoms with E-state index in [4.69, 9.17) is 24.4 Å². The lowest BCUT2D eigenvalue weighted by Crippen LogP contribution is -1.95. The van der Waals surface area contributed by atoms with E-state index in [1.807, 2.05) is 66.7 Å². The van der Waals surface area contributed by atoms with Gasteiger partial charge in [-0.05, 0) is 75.8 Å². The highest BCUT2D eigenvalue weighted by Crippen LogP contribution is 2.37. The van der Waals surface area contributed by atoms with Crippen LogP contribution in [0.15, 0.2) is 211 Å². The molecule has 0 bridgehead atoms. The summed E-state index contributed by atoms with van der Waals surface area (Å²) in [6, 6.07) is 71.2. The van der Waals surface area contributed by atoms with Crippen LogP contribution in [-0.4, -0.2) is 19.9 Å². The number of rotatable bonds is 7. The normalized spacial score (nSPS) is 11.4. The molecule has 8 aromatic carbocycles. The van der Waals surface area contributed by atoms with Crippen LogP contribution in [0.25, 0.3) is 112 Å². The lowest BCUT2D eigenvalue weighted by atomic mass is 9.95. The third kappa shape index (κ3) is 6.41. The molecule has 11 aromatic rings. The first kappa shape index (κ1) is 34.2. The van der Waals surface area contributed by atoms with E-state index < -0.39 is 0 Å². The number of hydrogen-bond acceptors (Lipinski definition) is 5. The Kier molecular flexibility index (Phi) is 8.41. The zero-order chi connectivity index (χ0) is 39.1. The van der Waals surface area contributed by atoms with Gasteiger partial charge in [0.1, 0.15) is 16.8 Å². The summed E-state index contributed by atoms with van der Waals surface area (Å²) in [5.41, 5.74) is 15.6. The highest BCUT2D eigenvalue weighted by atomic mass is 16.3. The molecule has 5 nitrogen and oxygen atoms in total. The van der Waals surface area contributed by atoms with Gasteiger partial charge in [-0.15, -0.1) is 0 Å². The summed E-state index contributed by atoms with van der Waals surface area (Å²) >= 11 is 0. The van der Waals surface area contributed by atoms with Crippen molar-refractivity contribution in [2.24, 2.45) is 0 Å². The Morgan fingerprint density at radius 2 is 0.695 bits per heavy atom. The van der Waals surface area contributed by atoms with E-state index in [0.29, 0.717) is 17.2 Å². The summed E-state index contributed by atoms with van der Waals surface area (Å²) < 4.78 is 6.34. The van der Waals surface area contributed by atoms with Crippen molar-refractivity contribution in [3.05, 3.63) is 206 Å². The molecule has 59 heavy (non-hydrogen) atoms. The molecule has 0 aliphatic carbocycles. The Morgan fingerprint density at radius 3 is 1.27 bits per heavy atom. The fourth-order valence-electron chi connectivity index (χ4n) is 7.97. The highest BCUT2D eigenvalue weighted by Gasteiger charge is 2.19. The maximum atomic E-state index is 6.34. The minimum absolute atomic E-state index is 0.654.